The lowest BCUT2D eigenvalue weighted by Crippen LogP contribution is -1.95. The van der Waals surface area contributed by atoms with Crippen LogP contribution in [0, 0.1) is 0 Å². The van der Waals surface area contributed by atoms with Gasteiger partial charge in [-0.05, 0) is 24.3 Å². The van der Waals surface area contributed by atoms with Gasteiger partial charge in [0.1, 0.15) is 11.5 Å². The van der Waals surface area contributed by atoms with Crippen LogP contribution < -0.4 is 0 Å². The molecule has 2 rings (SSSR count). The second-order valence-corrected chi connectivity index (χ2v) is 2.96. The summed E-state index contributed by atoms with van der Waals surface area (Å²) in [5.41, 5.74) is 1.33. The van der Waals surface area contributed by atoms with Gasteiger partial charge in [-0.2, -0.15) is 0 Å². The largest absolute Gasteiger partial charge is 0.464 e. The maximum atomic E-state index is 11.1. The predicted molar refractivity (Wildman–Crippen MR) is 63.3 cm³/mol. The van der Waals surface area contributed by atoms with Gasteiger partial charge < -0.3 is 4.42 Å². The van der Waals surface area contributed by atoms with E-state index in [-0.39, 0.29) is 5.78 Å². The van der Waals surface area contributed by atoms with E-state index < -0.39 is 0 Å². The third-order valence-corrected chi connectivity index (χ3v) is 1.93. The van der Waals surface area contributed by atoms with Crippen molar-refractivity contribution in [2.75, 3.05) is 0 Å². The molecule has 0 amide bonds. The van der Waals surface area contributed by atoms with Crippen molar-refractivity contribution in [2.45, 2.75) is 20.8 Å². The Bertz CT molecular complexity index is 447. The lowest BCUT2D eigenvalue weighted by molar-refractivity contribution is 0.101. The van der Waals surface area contributed by atoms with Crippen LogP contribution in [0.3, 0.4) is 0 Å². The molecular formula is C13H15NO2. The topological polar surface area (TPSA) is 43.1 Å². The maximum Gasteiger partial charge on any atom is 0.178 e. The first-order chi connectivity index (χ1) is 7.77. The molecule has 3 heteroatoms. The number of aromatic nitrogens is 1. The minimum Gasteiger partial charge on any atom is -0.464 e. The molecular weight excluding hydrogens is 202 g/mol. The van der Waals surface area contributed by atoms with Crippen LogP contribution in [-0.2, 0) is 0 Å². The predicted octanol–water partition coefficient (Wildman–Crippen LogP) is 3.57. The van der Waals surface area contributed by atoms with Crippen LogP contribution in [0.25, 0.3) is 11.3 Å². The van der Waals surface area contributed by atoms with Gasteiger partial charge in [0.25, 0.3) is 0 Å². The van der Waals surface area contributed by atoms with E-state index in [0.717, 1.165) is 11.3 Å². The number of Topliss-reactive ketones (excluding diaryl/α,β-unsaturated/α-hetero) is 1. The Morgan fingerprint density at radius 2 is 2.06 bits per heavy atom. The molecule has 0 spiro atoms. The molecule has 0 saturated carbocycles. The third kappa shape index (κ3) is 2.79. The average molecular weight is 217 g/mol. The van der Waals surface area contributed by atoms with E-state index in [4.69, 9.17) is 4.42 Å². The Kier molecular flexibility index (Phi) is 4.45. The Morgan fingerprint density at radius 3 is 2.62 bits per heavy atom. The first-order valence-corrected chi connectivity index (χ1v) is 5.28. The molecule has 16 heavy (non-hydrogen) atoms. The zero-order chi connectivity index (χ0) is 12.0. The van der Waals surface area contributed by atoms with Crippen molar-refractivity contribution >= 4 is 5.78 Å². The highest BCUT2D eigenvalue weighted by molar-refractivity contribution is 5.93. The van der Waals surface area contributed by atoms with Gasteiger partial charge in [0.05, 0.1) is 6.26 Å². The Morgan fingerprint density at radius 1 is 1.31 bits per heavy atom. The summed E-state index contributed by atoms with van der Waals surface area (Å²) in [7, 11) is 0. The van der Waals surface area contributed by atoms with E-state index in [0.29, 0.717) is 5.69 Å². The lowest BCUT2D eigenvalue weighted by atomic mass is 10.1. The summed E-state index contributed by atoms with van der Waals surface area (Å²) in [6.07, 6.45) is 3.21. The van der Waals surface area contributed by atoms with Crippen molar-refractivity contribution in [1.29, 1.82) is 0 Å². The van der Waals surface area contributed by atoms with Crippen molar-refractivity contribution in [3.63, 3.8) is 0 Å². The molecule has 3 nitrogen and oxygen atoms in total. The van der Waals surface area contributed by atoms with Crippen LogP contribution >= 0.6 is 0 Å². The van der Waals surface area contributed by atoms with Crippen LogP contribution in [0.4, 0.5) is 0 Å². The summed E-state index contributed by atoms with van der Waals surface area (Å²) < 4.78 is 5.22. The number of pyridine rings is 1. The standard InChI is InChI=1S/C11H9NO2.C2H6/c1-8(13)10-7-9(4-5-12-10)11-3-2-6-14-11;1-2/h2-7H,1H3;1-2H3. The number of furan rings is 1. The fraction of sp³-hybridized carbons (Fsp3) is 0.231. The van der Waals surface area contributed by atoms with E-state index in [9.17, 15) is 4.79 Å². The molecule has 0 bridgehead atoms. The van der Waals surface area contributed by atoms with Gasteiger partial charge in [-0.1, -0.05) is 13.8 Å². The van der Waals surface area contributed by atoms with Crippen molar-refractivity contribution < 1.29 is 9.21 Å². The molecule has 0 aromatic carbocycles. The normalized spacial score (nSPS) is 9.19. The molecule has 2 aromatic heterocycles. The number of hydrogen-bond acceptors (Lipinski definition) is 3. The Balaban J connectivity index is 0.000000606. The molecule has 0 aliphatic heterocycles. The van der Waals surface area contributed by atoms with Crippen LogP contribution in [-0.4, -0.2) is 10.8 Å². The molecule has 2 heterocycles. The summed E-state index contributed by atoms with van der Waals surface area (Å²) in [4.78, 5) is 15.0. The fourth-order valence-electron chi connectivity index (χ4n) is 1.22. The van der Waals surface area contributed by atoms with Gasteiger partial charge in [0.2, 0.25) is 0 Å². The molecule has 0 unspecified atom stereocenters. The second-order valence-electron chi connectivity index (χ2n) is 2.96. The average Bonchev–Trinajstić information content (AvgIpc) is 2.85. The molecule has 0 N–H and O–H groups in total. The number of rotatable bonds is 2. The van der Waals surface area contributed by atoms with Crippen LogP contribution in [0.5, 0.6) is 0 Å². The van der Waals surface area contributed by atoms with Gasteiger partial charge in [0.15, 0.2) is 5.78 Å². The fourth-order valence-corrected chi connectivity index (χ4v) is 1.22. The first kappa shape index (κ1) is 12.2. The highest BCUT2D eigenvalue weighted by atomic mass is 16.3. The number of nitrogens with zero attached hydrogens (tertiary/aromatic N) is 1. The molecule has 2 aromatic rings. The maximum absolute atomic E-state index is 11.1. The smallest absolute Gasteiger partial charge is 0.178 e. The highest BCUT2D eigenvalue weighted by Gasteiger charge is 2.04. The van der Waals surface area contributed by atoms with Crippen LogP contribution in [0.2, 0.25) is 0 Å². The van der Waals surface area contributed by atoms with Crippen molar-refractivity contribution in [1.82, 2.24) is 4.98 Å². The third-order valence-electron chi connectivity index (χ3n) is 1.93. The quantitative estimate of drug-likeness (QED) is 0.722. The number of carbonyl (C=O) groups excluding carboxylic acids is 1. The van der Waals surface area contributed by atoms with Crippen molar-refractivity contribution in [3.05, 3.63) is 42.4 Å². The summed E-state index contributed by atoms with van der Waals surface area (Å²) in [6, 6.07) is 7.19. The lowest BCUT2D eigenvalue weighted by Gasteiger charge is -1.98. The van der Waals surface area contributed by atoms with Gasteiger partial charge in [-0.25, -0.2) is 0 Å². The van der Waals surface area contributed by atoms with Crippen LogP contribution in [0.1, 0.15) is 31.3 Å². The number of ketones is 1. The minimum absolute atomic E-state index is 0.0431. The molecule has 0 fully saturated rings. The first-order valence-electron chi connectivity index (χ1n) is 5.28. The van der Waals surface area contributed by atoms with Gasteiger partial charge in [0, 0.05) is 18.7 Å². The minimum atomic E-state index is -0.0431. The zero-order valence-corrected chi connectivity index (χ0v) is 9.73. The SMILES string of the molecule is CC.CC(=O)c1cc(-c2ccco2)ccn1. The van der Waals surface area contributed by atoms with Gasteiger partial charge >= 0.3 is 0 Å². The van der Waals surface area contributed by atoms with Crippen molar-refractivity contribution in [3.8, 4) is 11.3 Å². The summed E-state index contributed by atoms with van der Waals surface area (Å²) >= 11 is 0. The summed E-state index contributed by atoms with van der Waals surface area (Å²) in [5.74, 6) is 0.702. The Hall–Kier alpha value is -1.90. The molecule has 0 saturated heterocycles. The van der Waals surface area contributed by atoms with Gasteiger partial charge in [-0.3, -0.25) is 9.78 Å². The van der Waals surface area contributed by atoms with E-state index in [1.165, 1.54) is 6.92 Å². The summed E-state index contributed by atoms with van der Waals surface area (Å²) in [6.45, 7) is 5.49. The van der Waals surface area contributed by atoms with Crippen molar-refractivity contribution in [2.24, 2.45) is 0 Å². The molecule has 0 aliphatic rings. The molecule has 0 atom stereocenters. The van der Waals surface area contributed by atoms with Gasteiger partial charge in [-0.15, -0.1) is 0 Å². The zero-order valence-electron chi connectivity index (χ0n) is 9.73. The molecule has 0 aliphatic carbocycles. The van der Waals surface area contributed by atoms with Crippen LogP contribution in [0.15, 0.2) is 41.1 Å². The molecule has 0 radical (unpaired) electrons. The van der Waals surface area contributed by atoms with E-state index in [1.54, 1.807) is 18.5 Å². The Labute approximate surface area is 95.1 Å². The molecule has 84 valence electrons. The van der Waals surface area contributed by atoms with E-state index >= 15 is 0 Å². The van der Waals surface area contributed by atoms with E-state index in [2.05, 4.69) is 4.98 Å². The van der Waals surface area contributed by atoms with E-state index in [1.807, 2.05) is 32.0 Å². The number of hydrogen-bond donors (Lipinski definition) is 0. The summed E-state index contributed by atoms with van der Waals surface area (Å²) in [5, 5.41) is 0. The highest BCUT2D eigenvalue weighted by Crippen LogP contribution is 2.19. The monoisotopic (exact) mass is 217 g/mol. The second kappa shape index (κ2) is 5.85. The number of carbonyl (C=O) groups is 1.